The van der Waals surface area contributed by atoms with Gasteiger partial charge in [-0.25, -0.2) is 9.07 Å². The van der Waals surface area contributed by atoms with E-state index >= 15 is 0 Å². The second-order valence-electron chi connectivity index (χ2n) is 5.81. The van der Waals surface area contributed by atoms with Crippen molar-refractivity contribution in [1.82, 2.24) is 9.78 Å². The van der Waals surface area contributed by atoms with Crippen LogP contribution in [0.4, 0.5) is 15.9 Å². The summed E-state index contributed by atoms with van der Waals surface area (Å²) >= 11 is 0. The molecule has 1 aliphatic carbocycles. The Labute approximate surface area is 133 Å². The van der Waals surface area contributed by atoms with E-state index in [-0.39, 0.29) is 17.5 Å². The number of fused-ring (bicyclic) bond motifs is 1. The zero-order valence-electron chi connectivity index (χ0n) is 13.2. The number of nitrogens with zero attached hydrogens (tertiary/aromatic N) is 3. The van der Waals surface area contributed by atoms with E-state index in [0.29, 0.717) is 17.9 Å². The van der Waals surface area contributed by atoms with Crippen molar-refractivity contribution in [3.63, 3.8) is 0 Å². The first kappa shape index (κ1) is 15.5. The van der Waals surface area contributed by atoms with Crippen LogP contribution in [0.25, 0.3) is 0 Å². The first-order valence-corrected chi connectivity index (χ1v) is 7.76. The largest absolute Gasteiger partial charge is 0.358 e. The minimum absolute atomic E-state index is 0.0125. The molecule has 1 N–H and O–H groups in total. The molecular weight excluding hydrogens is 299 g/mol. The molecule has 2 aromatic rings. The SMILES string of the molecule is CCc1nn(C)c(NC2CCCc3ccc(F)cc32)c1[N+](=O)[O-]. The maximum atomic E-state index is 13.6. The van der Waals surface area contributed by atoms with Gasteiger partial charge in [0.05, 0.1) is 11.0 Å². The van der Waals surface area contributed by atoms with Crippen LogP contribution in [0.15, 0.2) is 18.2 Å². The van der Waals surface area contributed by atoms with Crippen molar-refractivity contribution in [2.45, 2.75) is 38.6 Å². The lowest BCUT2D eigenvalue weighted by Crippen LogP contribution is -2.19. The molecule has 0 amide bonds. The summed E-state index contributed by atoms with van der Waals surface area (Å²) in [5, 5.41) is 18.9. The second-order valence-corrected chi connectivity index (χ2v) is 5.81. The minimum Gasteiger partial charge on any atom is -0.358 e. The van der Waals surface area contributed by atoms with Crippen LogP contribution in [0.5, 0.6) is 0 Å². The zero-order chi connectivity index (χ0) is 16.6. The minimum atomic E-state index is -0.399. The number of aromatic nitrogens is 2. The molecule has 0 bridgehead atoms. The van der Waals surface area contributed by atoms with Crippen molar-refractivity contribution in [3.8, 4) is 0 Å². The highest BCUT2D eigenvalue weighted by Gasteiger charge is 2.29. The fraction of sp³-hybridized carbons (Fsp3) is 0.438. The van der Waals surface area contributed by atoms with E-state index in [2.05, 4.69) is 10.4 Å². The lowest BCUT2D eigenvalue weighted by molar-refractivity contribution is -0.384. The third-order valence-electron chi connectivity index (χ3n) is 4.34. The van der Waals surface area contributed by atoms with Gasteiger partial charge in [0, 0.05) is 7.05 Å². The molecule has 0 aliphatic heterocycles. The van der Waals surface area contributed by atoms with Gasteiger partial charge in [0.15, 0.2) is 0 Å². The van der Waals surface area contributed by atoms with Crippen LogP contribution in [0.2, 0.25) is 0 Å². The first-order valence-electron chi connectivity index (χ1n) is 7.76. The van der Waals surface area contributed by atoms with Gasteiger partial charge in [-0.15, -0.1) is 0 Å². The quantitative estimate of drug-likeness (QED) is 0.691. The topological polar surface area (TPSA) is 73.0 Å². The maximum Gasteiger partial charge on any atom is 0.333 e. The molecule has 0 radical (unpaired) electrons. The Balaban J connectivity index is 2.00. The normalized spacial score (nSPS) is 16.9. The van der Waals surface area contributed by atoms with Crippen molar-refractivity contribution >= 4 is 11.5 Å². The van der Waals surface area contributed by atoms with Crippen molar-refractivity contribution in [3.05, 3.63) is 51.0 Å². The standard InChI is InChI=1S/C16H19FN4O2/c1-3-13-15(21(22)23)16(20(2)19-13)18-14-6-4-5-10-7-8-11(17)9-12(10)14/h7-9,14,18H,3-6H2,1-2H3. The van der Waals surface area contributed by atoms with Gasteiger partial charge in [-0.05, 0) is 48.9 Å². The summed E-state index contributed by atoms with van der Waals surface area (Å²) in [5.41, 5.74) is 2.44. The molecule has 0 fully saturated rings. The highest BCUT2D eigenvalue weighted by molar-refractivity contribution is 5.61. The van der Waals surface area contributed by atoms with Gasteiger partial charge in [-0.1, -0.05) is 13.0 Å². The third-order valence-corrected chi connectivity index (χ3v) is 4.34. The predicted octanol–water partition coefficient (Wildman–Crippen LogP) is 3.52. The summed E-state index contributed by atoms with van der Waals surface area (Å²) in [6.07, 6.45) is 3.16. The predicted molar refractivity (Wildman–Crippen MR) is 84.9 cm³/mol. The van der Waals surface area contributed by atoms with Crippen LogP contribution >= 0.6 is 0 Å². The molecule has 7 heteroatoms. The molecule has 1 aromatic carbocycles. The summed E-state index contributed by atoms with van der Waals surface area (Å²) in [5.74, 6) is 0.0974. The maximum absolute atomic E-state index is 13.6. The zero-order valence-corrected chi connectivity index (χ0v) is 13.2. The van der Waals surface area contributed by atoms with Gasteiger partial charge in [0.25, 0.3) is 0 Å². The van der Waals surface area contributed by atoms with E-state index in [4.69, 9.17) is 0 Å². The van der Waals surface area contributed by atoms with Crippen LogP contribution in [0.1, 0.15) is 42.6 Å². The molecule has 1 aliphatic rings. The third kappa shape index (κ3) is 2.78. The Morgan fingerprint density at radius 2 is 2.30 bits per heavy atom. The smallest absolute Gasteiger partial charge is 0.333 e. The van der Waals surface area contributed by atoms with E-state index in [1.165, 1.54) is 16.8 Å². The molecule has 0 saturated heterocycles. The molecule has 1 aromatic heterocycles. The van der Waals surface area contributed by atoms with Crippen LogP contribution in [-0.4, -0.2) is 14.7 Å². The molecule has 122 valence electrons. The molecule has 6 nitrogen and oxygen atoms in total. The van der Waals surface area contributed by atoms with Crippen molar-refractivity contribution in [1.29, 1.82) is 0 Å². The number of hydrogen-bond donors (Lipinski definition) is 1. The monoisotopic (exact) mass is 318 g/mol. The molecule has 1 heterocycles. The molecule has 3 rings (SSSR count). The first-order chi connectivity index (χ1) is 11.0. The molecule has 1 atom stereocenters. The summed E-state index contributed by atoms with van der Waals surface area (Å²) in [7, 11) is 1.68. The van der Waals surface area contributed by atoms with Crippen molar-refractivity contribution in [2.75, 3.05) is 5.32 Å². The number of anilines is 1. The number of nitrogens with one attached hydrogen (secondary N) is 1. The van der Waals surface area contributed by atoms with E-state index < -0.39 is 4.92 Å². The average molecular weight is 318 g/mol. The molecule has 0 spiro atoms. The number of benzene rings is 1. The summed E-state index contributed by atoms with van der Waals surface area (Å²) in [4.78, 5) is 11.0. The van der Waals surface area contributed by atoms with Crippen LogP contribution in [-0.2, 0) is 19.9 Å². The Hall–Kier alpha value is -2.44. The molecule has 0 saturated carbocycles. The Bertz CT molecular complexity index is 757. The fourth-order valence-corrected chi connectivity index (χ4v) is 3.25. The highest BCUT2D eigenvalue weighted by Crippen LogP contribution is 2.36. The molecule has 23 heavy (non-hydrogen) atoms. The number of hydrogen-bond acceptors (Lipinski definition) is 4. The second kappa shape index (κ2) is 5.98. The van der Waals surface area contributed by atoms with Gasteiger partial charge in [-0.3, -0.25) is 10.1 Å². The Morgan fingerprint density at radius 1 is 1.52 bits per heavy atom. The van der Waals surface area contributed by atoms with E-state index in [0.717, 1.165) is 30.4 Å². The van der Waals surface area contributed by atoms with Gasteiger partial charge in [0.2, 0.25) is 5.82 Å². The lowest BCUT2D eigenvalue weighted by Gasteiger charge is -2.26. The van der Waals surface area contributed by atoms with Crippen LogP contribution < -0.4 is 5.32 Å². The van der Waals surface area contributed by atoms with E-state index in [1.54, 1.807) is 13.1 Å². The van der Waals surface area contributed by atoms with Gasteiger partial charge in [-0.2, -0.15) is 5.10 Å². The average Bonchev–Trinajstić information content (AvgIpc) is 2.84. The Kier molecular flexibility index (Phi) is 4.02. The highest BCUT2D eigenvalue weighted by atomic mass is 19.1. The van der Waals surface area contributed by atoms with Crippen LogP contribution in [0.3, 0.4) is 0 Å². The van der Waals surface area contributed by atoms with Crippen molar-refractivity contribution in [2.24, 2.45) is 7.05 Å². The molecular formula is C16H19FN4O2. The van der Waals surface area contributed by atoms with E-state index in [9.17, 15) is 14.5 Å². The Morgan fingerprint density at radius 3 is 3.00 bits per heavy atom. The lowest BCUT2D eigenvalue weighted by atomic mass is 9.87. The number of nitro groups is 1. The number of halogens is 1. The number of aryl methyl sites for hydroxylation is 3. The number of rotatable bonds is 4. The van der Waals surface area contributed by atoms with Gasteiger partial charge < -0.3 is 5.32 Å². The van der Waals surface area contributed by atoms with Crippen molar-refractivity contribution < 1.29 is 9.31 Å². The fourth-order valence-electron chi connectivity index (χ4n) is 3.25. The van der Waals surface area contributed by atoms with Gasteiger partial charge >= 0.3 is 5.69 Å². The van der Waals surface area contributed by atoms with E-state index in [1.807, 2.05) is 6.92 Å². The van der Waals surface area contributed by atoms with Crippen LogP contribution in [0, 0.1) is 15.9 Å². The summed E-state index contributed by atoms with van der Waals surface area (Å²) < 4.78 is 15.1. The summed E-state index contributed by atoms with van der Waals surface area (Å²) in [6, 6.07) is 4.64. The van der Waals surface area contributed by atoms with Gasteiger partial charge in [0.1, 0.15) is 11.5 Å². The molecule has 1 unspecified atom stereocenters. The summed E-state index contributed by atoms with van der Waals surface area (Å²) in [6.45, 7) is 1.84.